The van der Waals surface area contributed by atoms with E-state index >= 15 is 0 Å². The summed E-state index contributed by atoms with van der Waals surface area (Å²) < 4.78 is 0. The fraction of sp³-hybridized carbons (Fsp3) is 0.519. The predicted molar refractivity (Wildman–Crippen MR) is 135 cm³/mol. The quantitative estimate of drug-likeness (QED) is 0.584. The molecule has 2 aromatic rings. The smallest absolute Gasteiger partial charge is 0.251 e. The molecule has 0 atom stereocenters. The number of nitrogens with zero attached hydrogens (tertiary/aromatic N) is 2. The molecule has 3 N–H and O–H groups in total. The fourth-order valence-electron chi connectivity index (χ4n) is 4.96. The van der Waals surface area contributed by atoms with Gasteiger partial charge in [-0.25, -0.2) is 9.97 Å². The van der Waals surface area contributed by atoms with Crippen LogP contribution in [0.25, 0.3) is 5.57 Å². The number of anilines is 1. The highest BCUT2D eigenvalue weighted by Gasteiger charge is 2.32. The van der Waals surface area contributed by atoms with E-state index in [1.165, 1.54) is 32.1 Å². The van der Waals surface area contributed by atoms with Crippen LogP contribution in [0.4, 0.5) is 5.95 Å². The van der Waals surface area contributed by atoms with Gasteiger partial charge in [0.25, 0.3) is 5.91 Å². The van der Waals surface area contributed by atoms with Gasteiger partial charge in [-0.05, 0) is 55.1 Å². The van der Waals surface area contributed by atoms with Gasteiger partial charge in [0.05, 0.1) is 5.69 Å². The minimum Gasteiger partial charge on any atom is -0.351 e. The Hall–Kier alpha value is -2.73. The Bertz CT molecular complexity index is 1040. The van der Waals surface area contributed by atoms with Crippen molar-refractivity contribution in [3.63, 3.8) is 0 Å². The predicted octanol–water partition coefficient (Wildman–Crippen LogP) is 4.46. The Kier molecular flexibility index (Phi) is 7.13. The topological polar surface area (TPSA) is 78.9 Å². The number of fused-ring (bicyclic) bond motifs is 1. The monoisotopic (exact) mass is 447 g/mol. The van der Waals surface area contributed by atoms with Gasteiger partial charge in [0.2, 0.25) is 5.95 Å². The molecule has 1 aliphatic heterocycles. The highest BCUT2D eigenvalue weighted by molar-refractivity contribution is 5.98. The Labute approximate surface area is 197 Å². The Morgan fingerprint density at radius 1 is 1.24 bits per heavy atom. The number of aromatic nitrogens is 2. The molecule has 0 spiro atoms. The fourth-order valence-corrected chi connectivity index (χ4v) is 4.96. The summed E-state index contributed by atoms with van der Waals surface area (Å²) in [6, 6.07) is 6.67. The average Bonchev–Trinajstić information content (AvgIpc) is 2.83. The lowest BCUT2D eigenvalue weighted by molar-refractivity contribution is 0.0930. The van der Waals surface area contributed by atoms with Crippen molar-refractivity contribution in [1.82, 2.24) is 20.6 Å². The number of amides is 1. The Morgan fingerprint density at radius 2 is 2.03 bits per heavy atom. The summed E-state index contributed by atoms with van der Waals surface area (Å²) in [6.45, 7) is 7.88. The van der Waals surface area contributed by atoms with Gasteiger partial charge in [0, 0.05) is 41.9 Å². The normalized spacial score (nSPS) is 18.5. The van der Waals surface area contributed by atoms with Crippen molar-refractivity contribution >= 4 is 17.4 Å². The third kappa shape index (κ3) is 5.11. The number of hydrogen-bond donors (Lipinski definition) is 3. The molecule has 176 valence electrons. The first-order chi connectivity index (χ1) is 15.9. The van der Waals surface area contributed by atoms with Crippen LogP contribution in [0.3, 0.4) is 0 Å². The van der Waals surface area contributed by atoms with Gasteiger partial charge >= 0.3 is 0 Å². The van der Waals surface area contributed by atoms with Crippen LogP contribution in [0.1, 0.15) is 85.6 Å². The molecule has 1 aromatic heterocycles. The lowest BCUT2D eigenvalue weighted by Gasteiger charge is -2.33. The van der Waals surface area contributed by atoms with Crippen molar-refractivity contribution in [3.05, 3.63) is 58.4 Å². The van der Waals surface area contributed by atoms with Crippen LogP contribution in [-0.2, 0) is 11.8 Å². The second kappa shape index (κ2) is 10.0. The standard InChI is InChI=1S/C27H37N5O/c1-5-24-22(16-29-26(32-24)31-19-9-7-6-8-10-19)20(13-14-28-4)18-11-12-21-23(15-18)27(2,3)17-30-25(21)33/h11-13,15-16,19,28H,5-10,14,17H2,1-4H3,(H,30,33)(H,29,31,32)/b20-13-. The van der Waals surface area contributed by atoms with Crippen molar-refractivity contribution in [2.45, 2.75) is 70.8 Å². The van der Waals surface area contributed by atoms with Gasteiger partial charge in [-0.1, -0.05) is 52.2 Å². The molecule has 0 unspecified atom stereocenters. The molecule has 6 nitrogen and oxygen atoms in total. The molecule has 4 rings (SSSR count). The van der Waals surface area contributed by atoms with E-state index in [4.69, 9.17) is 9.97 Å². The van der Waals surface area contributed by atoms with Crippen molar-refractivity contribution < 1.29 is 4.79 Å². The zero-order valence-electron chi connectivity index (χ0n) is 20.4. The molecule has 2 aliphatic rings. The molecule has 2 heterocycles. The molecule has 1 fully saturated rings. The molecule has 0 saturated heterocycles. The molecule has 33 heavy (non-hydrogen) atoms. The molecule has 6 heteroatoms. The maximum absolute atomic E-state index is 12.4. The molecular weight excluding hydrogens is 410 g/mol. The number of likely N-dealkylation sites (N-methyl/N-ethyl adjacent to an activating group) is 1. The Morgan fingerprint density at radius 3 is 2.76 bits per heavy atom. The molecule has 0 bridgehead atoms. The van der Waals surface area contributed by atoms with E-state index in [-0.39, 0.29) is 11.3 Å². The molecular formula is C27H37N5O. The number of aryl methyl sites for hydroxylation is 1. The third-order valence-corrected chi connectivity index (χ3v) is 6.94. The van der Waals surface area contributed by atoms with Crippen LogP contribution in [-0.4, -0.2) is 42.1 Å². The summed E-state index contributed by atoms with van der Waals surface area (Å²) in [5.41, 5.74) is 6.04. The molecule has 1 amide bonds. The zero-order chi connectivity index (χ0) is 23.4. The van der Waals surface area contributed by atoms with Crippen LogP contribution in [0.2, 0.25) is 0 Å². The van der Waals surface area contributed by atoms with Gasteiger partial charge in [-0.2, -0.15) is 0 Å². The van der Waals surface area contributed by atoms with Crippen molar-refractivity contribution in [3.8, 4) is 0 Å². The van der Waals surface area contributed by atoms with Gasteiger partial charge in [-0.3, -0.25) is 4.79 Å². The number of carbonyl (C=O) groups excluding carboxylic acids is 1. The van der Waals surface area contributed by atoms with Gasteiger partial charge < -0.3 is 16.0 Å². The van der Waals surface area contributed by atoms with Gasteiger partial charge in [0.1, 0.15) is 0 Å². The van der Waals surface area contributed by atoms with E-state index in [1.807, 2.05) is 19.3 Å². The van der Waals surface area contributed by atoms with Crippen molar-refractivity contribution in [2.24, 2.45) is 0 Å². The maximum Gasteiger partial charge on any atom is 0.251 e. The Balaban J connectivity index is 1.72. The second-order valence-corrected chi connectivity index (χ2v) is 9.89. The zero-order valence-corrected chi connectivity index (χ0v) is 20.4. The summed E-state index contributed by atoms with van der Waals surface area (Å²) >= 11 is 0. The van der Waals surface area contributed by atoms with E-state index in [1.54, 1.807) is 0 Å². The first-order valence-corrected chi connectivity index (χ1v) is 12.3. The number of carbonyl (C=O) groups is 1. The number of benzene rings is 1. The van der Waals surface area contributed by atoms with E-state index < -0.39 is 0 Å². The number of hydrogen-bond acceptors (Lipinski definition) is 5. The molecule has 1 aliphatic carbocycles. The van der Waals surface area contributed by atoms with Crippen molar-refractivity contribution in [2.75, 3.05) is 25.5 Å². The summed E-state index contributed by atoms with van der Waals surface area (Å²) in [7, 11) is 1.95. The van der Waals surface area contributed by atoms with Crippen LogP contribution < -0.4 is 16.0 Å². The van der Waals surface area contributed by atoms with E-state index in [9.17, 15) is 4.79 Å². The van der Waals surface area contributed by atoms with E-state index in [2.05, 4.69) is 54.9 Å². The lowest BCUT2D eigenvalue weighted by Crippen LogP contribution is -2.43. The highest BCUT2D eigenvalue weighted by Crippen LogP contribution is 2.34. The lowest BCUT2D eigenvalue weighted by atomic mass is 9.77. The van der Waals surface area contributed by atoms with Crippen molar-refractivity contribution in [1.29, 1.82) is 0 Å². The van der Waals surface area contributed by atoms with Crippen LogP contribution in [0.15, 0.2) is 30.5 Å². The van der Waals surface area contributed by atoms with Crippen LogP contribution in [0.5, 0.6) is 0 Å². The highest BCUT2D eigenvalue weighted by atomic mass is 16.1. The SMILES string of the molecule is CCc1nc(NC2CCCCC2)ncc1/C(=C\CNC)c1ccc2c(c1)C(C)(C)CNC2=O. The van der Waals surface area contributed by atoms with E-state index in [0.29, 0.717) is 12.6 Å². The van der Waals surface area contributed by atoms with Crippen LogP contribution in [0, 0.1) is 0 Å². The average molecular weight is 448 g/mol. The first kappa shape index (κ1) is 23.4. The summed E-state index contributed by atoms with van der Waals surface area (Å²) in [4.78, 5) is 22.1. The third-order valence-electron chi connectivity index (χ3n) is 6.94. The number of rotatable bonds is 7. The first-order valence-electron chi connectivity index (χ1n) is 12.3. The molecule has 1 aromatic carbocycles. The maximum atomic E-state index is 12.4. The second-order valence-electron chi connectivity index (χ2n) is 9.89. The number of nitrogens with one attached hydrogen (secondary N) is 3. The molecule has 0 radical (unpaired) electrons. The minimum atomic E-state index is -0.120. The van der Waals surface area contributed by atoms with Gasteiger partial charge in [-0.15, -0.1) is 0 Å². The van der Waals surface area contributed by atoms with Crippen LogP contribution >= 0.6 is 0 Å². The summed E-state index contributed by atoms with van der Waals surface area (Å²) in [6.07, 6.45) is 11.3. The van der Waals surface area contributed by atoms with Gasteiger partial charge in [0.15, 0.2) is 0 Å². The summed E-state index contributed by atoms with van der Waals surface area (Å²) in [5.74, 6) is 0.742. The van der Waals surface area contributed by atoms with E-state index in [0.717, 1.165) is 52.4 Å². The summed E-state index contributed by atoms with van der Waals surface area (Å²) in [5, 5.41) is 9.81. The largest absolute Gasteiger partial charge is 0.351 e. The molecule has 1 saturated carbocycles. The minimum absolute atomic E-state index is 0.00681.